The van der Waals surface area contributed by atoms with Crippen LogP contribution in [0, 0.1) is 0 Å². The molecule has 0 spiro atoms. The predicted octanol–water partition coefficient (Wildman–Crippen LogP) is 1.18. The third-order valence-electron chi connectivity index (χ3n) is 2.63. The fourth-order valence-corrected chi connectivity index (χ4v) is 2.57. The lowest BCUT2D eigenvalue weighted by Gasteiger charge is -2.08. The first-order chi connectivity index (χ1) is 9.85. The van der Waals surface area contributed by atoms with Crippen LogP contribution in [0.3, 0.4) is 0 Å². The van der Waals surface area contributed by atoms with Gasteiger partial charge in [0, 0.05) is 25.1 Å². The van der Waals surface area contributed by atoms with Gasteiger partial charge in [0.15, 0.2) is 0 Å². The molecule has 116 valence electrons. The van der Waals surface area contributed by atoms with Gasteiger partial charge < -0.3 is 10.4 Å². The molecule has 1 rings (SSSR count). The lowest BCUT2D eigenvalue weighted by molar-refractivity contribution is -0.137. The average molecular weight is 314 g/mol. The molecular weight excluding hydrogens is 296 g/mol. The van der Waals surface area contributed by atoms with Gasteiger partial charge in [-0.05, 0) is 30.7 Å². The van der Waals surface area contributed by atoms with Crippen molar-refractivity contribution in [1.29, 1.82) is 0 Å². The molecule has 0 heterocycles. The Morgan fingerprint density at radius 2 is 1.81 bits per heavy atom. The van der Waals surface area contributed by atoms with Gasteiger partial charge in [-0.15, -0.1) is 0 Å². The maximum Gasteiger partial charge on any atom is 0.303 e. The van der Waals surface area contributed by atoms with E-state index in [0.717, 1.165) is 0 Å². The van der Waals surface area contributed by atoms with Crippen molar-refractivity contribution < 1.29 is 23.1 Å². The summed E-state index contributed by atoms with van der Waals surface area (Å²) in [6.45, 7) is 1.78. The largest absolute Gasteiger partial charge is 0.481 e. The Labute approximate surface area is 123 Å². The maximum absolute atomic E-state index is 11.9. The van der Waals surface area contributed by atoms with E-state index in [4.69, 9.17) is 5.11 Å². The fraction of sp³-hybridized carbons (Fsp3) is 0.385. The summed E-state index contributed by atoms with van der Waals surface area (Å²) in [5, 5.41) is 11.1. The number of aliphatic carboxylic acids is 1. The van der Waals surface area contributed by atoms with Crippen LogP contribution in [0.4, 0.5) is 5.69 Å². The number of sulfonamides is 1. The van der Waals surface area contributed by atoms with Crippen molar-refractivity contribution in [2.75, 3.05) is 11.9 Å². The Bertz CT molecular complexity index is 595. The number of carboxylic acids is 1. The molecule has 0 fully saturated rings. The van der Waals surface area contributed by atoms with Crippen molar-refractivity contribution in [3.63, 3.8) is 0 Å². The monoisotopic (exact) mass is 314 g/mol. The zero-order chi connectivity index (χ0) is 15.9. The highest BCUT2D eigenvalue weighted by Gasteiger charge is 2.13. The van der Waals surface area contributed by atoms with Gasteiger partial charge in [-0.25, -0.2) is 13.1 Å². The summed E-state index contributed by atoms with van der Waals surface area (Å²) in [5.41, 5.74) is 0.520. The zero-order valence-electron chi connectivity index (χ0n) is 11.6. The van der Waals surface area contributed by atoms with E-state index in [1.54, 1.807) is 6.92 Å². The highest BCUT2D eigenvalue weighted by atomic mass is 32.2. The first-order valence-electron chi connectivity index (χ1n) is 6.46. The second kappa shape index (κ2) is 7.75. The molecule has 0 radical (unpaired) electrons. The van der Waals surface area contributed by atoms with Crippen LogP contribution in [0.2, 0.25) is 0 Å². The zero-order valence-corrected chi connectivity index (χ0v) is 12.4. The first kappa shape index (κ1) is 17.1. The van der Waals surface area contributed by atoms with Gasteiger partial charge in [0.05, 0.1) is 4.90 Å². The molecule has 1 amide bonds. The van der Waals surface area contributed by atoms with Crippen molar-refractivity contribution in [3.8, 4) is 0 Å². The molecule has 0 bridgehead atoms. The molecular formula is C13H18N2O5S. The minimum Gasteiger partial charge on any atom is -0.481 e. The number of carbonyl (C=O) groups is 2. The van der Waals surface area contributed by atoms with Gasteiger partial charge in [0.25, 0.3) is 0 Å². The molecule has 1 aromatic carbocycles. The van der Waals surface area contributed by atoms with E-state index in [1.807, 2.05) is 0 Å². The Balaban J connectivity index is 2.62. The van der Waals surface area contributed by atoms with Gasteiger partial charge in [-0.2, -0.15) is 0 Å². The molecule has 8 heteroatoms. The molecule has 0 unspecified atom stereocenters. The third-order valence-corrected chi connectivity index (χ3v) is 4.11. The van der Waals surface area contributed by atoms with E-state index in [2.05, 4.69) is 10.0 Å². The SMILES string of the molecule is CCC(=O)Nc1ccc(S(=O)(=O)NCCCC(=O)O)cc1. The molecule has 7 nitrogen and oxygen atoms in total. The molecule has 0 aliphatic carbocycles. The van der Waals surface area contributed by atoms with Gasteiger partial charge in [-0.1, -0.05) is 6.92 Å². The van der Waals surface area contributed by atoms with Crippen LogP contribution in [-0.2, 0) is 19.6 Å². The van der Waals surface area contributed by atoms with Gasteiger partial charge in [0.1, 0.15) is 0 Å². The Morgan fingerprint density at radius 1 is 1.19 bits per heavy atom. The van der Waals surface area contributed by atoms with Crippen LogP contribution in [0.1, 0.15) is 26.2 Å². The van der Waals surface area contributed by atoms with E-state index < -0.39 is 16.0 Å². The molecule has 0 aliphatic heterocycles. The van der Waals surface area contributed by atoms with Crippen molar-refractivity contribution in [1.82, 2.24) is 4.72 Å². The van der Waals surface area contributed by atoms with Crippen molar-refractivity contribution in [2.24, 2.45) is 0 Å². The molecule has 0 atom stereocenters. The van der Waals surface area contributed by atoms with Crippen LogP contribution in [0.5, 0.6) is 0 Å². The average Bonchev–Trinajstić information content (AvgIpc) is 2.44. The molecule has 0 saturated carbocycles. The van der Waals surface area contributed by atoms with Crippen LogP contribution in [0.15, 0.2) is 29.2 Å². The standard InChI is InChI=1S/C13H18N2O5S/c1-2-12(16)15-10-5-7-11(8-6-10)21(19,20)14-9-3-4-13(17)18/h5-8,14H,2-4,9H2,1H3,(H,15,16)(H,17,18). The van der Waals surface area contributed by atoms with Crippen LogP contribution in [-0.4, -0.2) is 31.9 Å². The first-order valence-corrected chi connectivity index (χ1v) is 7.95. The van der Waals surface area contributed by atoms with Gasteiger partial charge in [-0.3, -0.25) is 9.59 Å². The Hall–Kier alpha value is -1.93. The number of anilines is 1. The quantitative estimate of drug-likeness (QED) is 0.624. The summed E-state index contributed by atoms with van der Waals surface area (Å²) in [4.78, 5) is 21.6. The van der Waals surface area contributed by atoms with Crippen LogP contribution in [0.25, 0.3) is 0 Å². The summed E-state index contributed by atoms with van der Waals surface area (Å²) in [6.07, 6.45) is 0.467. The number of hydrogen-bond donors (Lipinski definition) is 3. The fourth-order valence-electron chi connectivity index (χ4n) is 1.50. The number of rotatable bonds is 8. The van der Waals surface area contributed by atoms with Gasteiger partial charge >= 0.3 is 5.97 Å². The minimum absolute atomic E-state index is 0.0585. The van der Waals surface area contributed by atoms with Gasteiger partial charge in [0.2, 0.25) is 15.9 Å². The maximum atomic E-state index is 11.9. The Kier molecular flexibility index (Phi) is 6.32. The second-order valence-corrected chi connectivity index (χ2v) is 6.09. The molecule has 1 aromatic rings. The summed E-state index contributed by atoms with van der Waals surface area (Å²) in [6, 6.07) is 5.76. The van der Waals surface area contributed by atoms with E-state index in [9.17, 15) is 18.0 Å². The van der Waals surface area contributed by atoms with E-state index in [-0.39, 0.29) is 30.2 Å². The number of benzene rings is 1. The highest BCUT2D eigenvalue weighted by molar-refractivity contribution is 7.89. The number of amides is 1. The van der Waals surface area contributed by atoms with Crippen molar-refractivity contribution >= 4 is 27.6 Å². The summed E-state index contributed by atoms with van der Waals surface area (Å²) in [7, 11) is -3.66. The van der Waals surface area contributed by atoms with E-state index in [0.29, 0.717) is 12.1 Å². The van der Waals surface area contributed by atoms with Crippen molar-refractivity contribution in [3.05, 3.63) is 24.3 Å². The van der Waals surface area contributed by atoms with E-state index >= 15 is 0 Å². The number of carboxylic acid groups (broad SMARTS) is 1. The van der Waals surface area contributed by atoms with Crippen LogP contribution >= 0.6 is 0 Å². The van der Waals surface area contributed by atoms with Crippen molar-refractivity contribution in [2.45, 2.75) is 31.1 Å². The molecule has 0 saturated heterocycles. The second-order valence-electron chi connectivity index (χ2n) is 4.32. The summed E-state index contributed by atoms with van der Waals surface area (Å²) >= 11 is 0. The number of hydrogen-bond acceptors (Lipinski definition) is 4. The minimum atomic E-state index is -3.66. The lowest BCUT2D eigenvalue weighted by atomic mass is 10.3. The predicted molar refractivity (Wildman–Crippen MR) is 77.4 cm³/mol. The normalized spacial score (nSPS) is 11.1. The molecule has 21 heavy (non-hydrogen) atoms. The van der Waals surface area contributed by atoms with Crippen LogP contribution < -0.4 is 10.0 Å². The highest BCUT2D eigenvalue weighted by Crippen LogP contribution is 2.14. The number of nitrogens with one attached hydrogen (secondary N) is 2. The topological polar surface area (TPSA) is 113 Å². The lowest BCUT2D eigenvalue weighted by Crippen LogP contribution is -2.25. The smallest absolute Gasteiger partial charge is 0.303 e. The molecule has 3 N–H and O–H groups in total. The molecule has 0 aliphatic rings. The third kappa shape index (κ3) is 5.92. The number of carbonyl (C=O) groups excluding carboxylic acids is 1. The van der Waals surface area contributed by atoms with E-state index in [1.165, 1.54) is 24.3 Å². The molecule has 0 aromatic heterocycles. The Morgan fingerprint density at radius 3 is 2.33 bits per heavy atom. The summed E-state index contributed by atoms with van der Waals surface area (Å²) in [5.74, 6) is -1.12. The summed E-state index contributed by atoms with van der Waals surface area (Å²) < 4.78 is 26.2.